The summed E-state index contributed by atoms with van der Waals surface area (Å²) in [4.78, 5) is 13.1. The minimum atomic E-state index is -0.0139. The smallest absolute Gasteiger partial charge is 0.185 e. The molecule has 2 aromatic rings. The van der Waals surface area contributed by atoms with Crippen molar-refractivity contribution in [1.29, 1.82) is 10.5 Å². The molecule has 1 saturated carbocycles. The van der Waals surface area contributed by atoms with Crippen molar-refractivity contribution >= 4 is 17.9 Å². The van der Waals surface area contributed by atoms with E-state index in [0.717, 1.165) is 22.3 Å². The highest BCUT2D eigenvalue weighted by Crippen LogP contribution is 2.32. The summed E-state index contributed by atoms with van der Waals surface area (Å²) in [6.07, 6.45) is 5.23. The Bertz CT molecular complexity index is 987. The normalized spacial score (nSPS) is 18.6. The van der Waals surface area contributed by atoms with Crippen LogP contribution in [0.5, 0.6) is 11.5 Å². The number of ketones is 1. The molecule has 0 amide bonds. The zero-order chi connectivity index (χ0) is 21.3. The molecule has 2 aromatic carbocycles. The van der Waals surface area contributed by atoms with Crippen molar-refractivity contribution < 1.29 is 14.3 Å². The number of ether oxygens (including phenoxy) is 2. The summed E-state index contributed by atoms with van der Waals surface area (Å²) in [5, 5.41) is 17.3. The molecule has 0 N–H and O–H groups in total. The monoisotopic (exact) mass is 398 g/mol. The zero-order valence-corrected chi connectivity index (χ0v) is 16.8. The molecular formula is C25H22N2O3. The number of Topliss-reactive ketones (excluding diaryl/α,β-unsaturated/α-hetero) is 1. The predicted octanol–water partition coefficient (Wildman–Crippen LogP) is 4.96. The van der Waals surface area contributed by atoms with E-state index < -0.39 is 0 Å². The van der Waals surface area contributed by atoms with Crippen LogP contribution < -0.4 is 9.47 Å². The first-order valence-corrected chi connectivity index (χ1v) is 9.74. The van der Waals surface area contributed by atoms with E-state index in [9.17, 15) is 4.79 Å². The maximum absolute atomic E-state index is 13.1. The van der Waals surface area contributed by atoms with E-state index >= 15 is 0 Å². The first-order chi connectivity index (χ1) is 14.6. The lowest BCUT2D eigenvalue weighted by atomic mass is 9.81. The minimum Gasteiger partial charge on any atom is -0.479 e. The summed E-state index contributed by atoms with van der Waals surface area (Å²) in [6.45, 7) is 2.10. The molecule has 1 fully saturated rings. The van der Waals surface area contributed by atoms with Crippen molar-refractivity contribution in [2.45, 2.75) is 19.8 Å². The van der Waals surface area contributed by atoms with Crippen LogP contribution in [0.3, 0.4) is 0 Å². The molecule has 0 unspecified atom stereocenters. The minimum absolute atomic E-state index is 0.0139. The lowest BCUT2D eigenvalue weighted by Crippen LogP contribution is -2.18. The number of rotatable bonds is 6. The summed E-state index contributed by atoms with van der Waals surface area (Å²) in [7, 11) is 0. The van der Waals surface area contributed by atoms with Crippen molar-refractivity contribution in [2.75, 3.05) is 13.2 Å². The molecule has 0 atom stereocenters. The molecule has 150 valence electrons. The molecule has 0 radical (unpaired) electrons. The van der Waals surface area contributed by atoms with Gasteiger partial charge in [-0.1, -0.05) is 31.2 Å². The molecule has 3 rings (SSSR count). The third-order valence-electron chi connectivity index (χ3n) is 4.72. The van der Waals surface area contributed by atoms with Gasteiger partial charge in [-0.2, -0.15) is 10.5 Å². The molecule has 1 aliphatic carbocycles. The van der Waals surface area contributed by atoms with E-state index in [0.29, 0.717) is 30.3 Å². The van der Waals surface area contributed by atoms with Gasteiger partial charge < -0.3 is 9.47 Å². The highest BCUT2D eigenvalue weighted by atomic mass is 16.5. The first-order valence-electron chi connectivity index (χ1n) is 9.74. The molecule has 1 aliphatic rings. The lowest BCUT2D eigenvalue weighted by Gasteiger charge is -2.22. The van der Waals surface area contributed by atoms with Crippen LogP contribution in [0.15, 0.2) is 59.7 Å². The van der Waals surface area contributed by atoms with Crippen molar-refractivity contribution in [3.05, 3.63) is 70.8 Å². The second-order valence-corrected chi connectivity index (χ2v) is 7.22. The van der Waals surface area contributed by atoms with Crippen LogP contribution in [0.4, 0.5) is 0 Å². The van der Waals surface area contributed by atoms with Crippen LogP contribution in [0, 0.1) is 28.6 Å². The summed E-state index contributed by atoms with van der Waals surface area (Å²) in [6, 6.07) is 18.7. The summed E-state index contributed by atoms with van der Waals surface area (Å²) in [5.74, 6) is 1.59. The molecule has 0 bridgehead atoms. The number of benzene rings is 2. The average molecular weight is 398 g/mol. The fourth-order valence-corrected chi connectivity index (χ4v) is 3.49. The van der Waals surface area contributed by atoms with E-state index in [1.807, 2.05) is 60.7 Å². The Morgan fingerprint density at radius 3 is 1.80 bits per heavy atom. The van der Waals surface area contributed by atoms with Crippen LogP contribution >= 0.6 is 0 Å². The van der Waals surface area contributed by atoms with Crippen LogP contribution in [0.1, 0.15) is 30.9 Å². The summed E-state index contributed by atoms with van der Waals surface area (Å²) >= 11 is 0. The molecule has 5 nitrogen and oxygen atoms in total. The van der Waals surface area contributed by atoms with Gasteiger partial charge in [0.05, 0.1) is 0 Å². The van der Waals surface area contributed by atoms with Crippen molar-refractivity contribution in [1.82, 2.24) is 0 Å². The van der Waals surface area contributed by atoms with Gasteiger partial charge in [-0.3, -0.25) is 4.79 Å². The Morgan fingerprint density at radius 2 is 1.37 bits per heavy atom. The highest BCUT2D eigenvalue weighted by molar-refractivity contribution is 6.14. The second kappa shape index (κ2) is 10.1. The number of hydrogen-bond donors (Lipinski definition) is 0. The van der Waals surface area contributed by atoms with Crippen LogP contribution in [-0.2, 0) is 4.79 Å². The molecule has 30 heavy (non-hydrogen) atoms. The number of hydrogen-bond acceptors (Lipinski definition) is 5. The van der Waals surface area contributed by atoms with Gasteiger partial charge in [0.15, 0.2) is 19.0 Å². The van der Waals surface area contributed by atoms with Gasteiger partial charge in [-0.25, -0.2) is 0 Å². The zero-order valence-electron chi connectivity index (χ0n) is 16.8. The molecule has 5 heteroatoms. The lowest BCUT2D eigenvalue weighted by molar-refractivity contribution is -0.113. The number of nitrogens with zero attached hydrogens (tertiary/aromatic N) is 2. The van der Waals surface area contributed by atoms with E-state index in [1.165, 1.54) is 0 Å². The van der Waals surface area contributed by atoms with Crippen molar-refractivity contribution in [3.8, 4) is 23.6 Å². The van der Waals surface area contributed by atoms with E-state index in [4.69, 9.17) is 20.0 Å². The second-order valence-electron chi connectivity index (χ2n) is 7.22. The third kappa shape index (κ3) is 5.59. The van der Waals surface area contributed by atoms with Crippen LogP contribution in [0.2, 0.25) is 0 Å². The Balaban J connectivity index is 1.85. The Morgan fingerprint density at radius 1 is 0.900 bits per heavy atom. The van der Waals surface area contributed by atoms with Gasteiger partial charge in [0, 0.05) is 11.1 Å². The Labute approximate surface area is 176 Å². The quantitative estimate of drug-likeness (QED) is 0.643. The van der Waals surface area contributed by atoms with Crippen LogP contribution in [-0.4, -0.2) is 19.0 Å². The van der Waals surface area contributed by atoms with Gasteiger partial charge >= 0.3 is 0 Å². The molecule has 0 saturated heterocycles. The van der Waals surface area contributed by atoms with E-state index in [-0.39, 0.29) is 19.0 Å². The number of nitriles is 2. The Hall–Kier alpha value is -3.83. The van der Waals surface area contributed by atoms with E-state index in [2.05, 4.69) is 6.92 Å². The SMILES string of the molecule is CC1C/C(=C/c2cccc(OCC#N)c2)C(=O)/C(=C\c2cccc(OCC#N)c2)C1. The molecule has 0 spiro atoms. The molecular weight excluding hydrogens is 376 g/mol. The predicted molar refractivity (Wildman–Crippen MR) is 114 cm³/mol. The van der Waals surface area contributed by atoms with Crippen LogP contribution in [0.25, 0.3) is 12.2 Å². The highest BCUT2D eigenvalue weighted by Gasteiger charge is 2.25. The van der Waals surface area contributed by atoms with Gasteiger partial charge in [0.1, 0.15) is 23.6 Å². The fourth-order valence-electron chi connectivity index (χ4n) is 3.49. The number of allylic oxidation sites excluding steroid dienone is 2. The third-order valence-corrected chi connectivity index (χ3v) is 4.72. The molecule has 0 aliphatic heterocycles. The number of carbonyl (C=O) groups excluding carboxylic acids is 1. The summed E-state index contributed by atoms with van der Waals surface area (Å²) < 4.78 is 10.7. The van der Waals surface area contributed by atoms with Gasteiger partial charge in [0.25, 0.3) is 0 Å². The Kier molecular flexibility index (Phi) is 7.03. The largest absolute Gasteiger partial charge is 0.479 e. The van der Waals surface area contributed by atoms with E-state index in [1.54, 1.807) is 12.1 Å². The first kappa shape index (κ1) is 20.9. The maximum Gasteiger partial charge on any atom is 0.185 e. The van der Waals surface area contributed by atoms with Gasteiger partial charge in [0.2, 0.25) is 0 Å². The van der Waals surface area contributed by atoms with Gasteiger partial charge in [-0.05, 0) is 66.3 Å². The topological polar surface area (TPSA) is 83.1 Å². The molecule has 0 heterocycles. The fraction of sp³-hybridized carbons (Fsp3) is 0.240. The van der Waals surface area contributed by atoms with Gasteiger partial charge in [-0.15, -0.1) is 0 Å². The standard InChI is InChI=1S/C25H22N2O3/c1-18-12-21(14-19-4-2-6-23(16-19)29-10-8-26)25(28)22(13-18)15-20-5-3-7-24(17-20)30-11-9-27/h2-7,14-18H,10-13H2,1H3/b21-14-,22-15-. The average Bonchev–Trinajstić information content (AvgIpc) is 2.74. The maximum atomic E-state index is 13.1. The number of carbonyl (C=O) groups is 1. The van der Waals surface area contributed by atoms with Crippen molar-refractivity contribution in [2.24, 2.45) is 5.92 Å². The summed E-state index contributed by atoms with van der Waals surface area (Å²) in [5.41, 5.74) is 3.26. The van der Waals surface area contributed by atoms with Crippen molar-refractivity contribution in [3.63, 3.8) is 0 Å². The molecule has 0 aromatic heterocycles.